The zero-order valence-corrected chi connectivity index (χ0v) is 8.31. The Hall–Kier alpha value is 0.140. The van der Waals surface area contributed by atoms with Gasteiger partial charge in [-0.1, -0.05) is 0 Å². The lowest BCUT2D eigenvalue weighted by atomic mass is 10.4. The molecule has 0 aliphatic carbocycles. The number of carbonyl (C=O) groups excluding carboxylic acids is 1. The first kappa shape index (κ1) is 8.24. The van der Waals surface area contributed by atoms with E-state index in [1.807, 2.05) is 13.0 Å². The van der Waals surface area contributed by atoms with Gasteiger partial charge >= 0.3 is 0 Å². The average molecular weight is 240 g/mol. The third-order valence-electron chi connectivity index (χ3n) is 0.988. The first-order valence-corrected chi connectivity index (χ1v) is 4.56. The fourth-order valence-electron chi connectivity index (χ4n) is 0.617. The van der Waals surface area contributed by atoms with E-state index in [1.165, 1.54) is 11.3 Å². The van der Waals surface area contributed by atoms with Gasteiger partial charge in [-0.3, -0.25) is 4.79 Å². The maximum Gasteiger partial charge on any atom is 0.263 e. The maximum absolute atomic E-state index is 10.6. The highest BCUT2D eigenvalue weighted by Crippen LogP contribution is 2.27. The summed E-state index contributed by atoms with van der Waals surface area (Å²) in [7, 11) is 0. The quantitative estimate of drug-likeness (QED) is 0.688. The van der Waals surface area contributed by atoms with E-state index in [1.54, 1.807) is 0 Å². The number of hydrogen-bond donors (Lipinski definition) is 0. The van der Waals surface area contributed by atoms with E-state index in [-0.39, 0.29) is 0 Å². The molecule has 0 fully saturated rings. The van der Waals surface area contributed by atoms with Gasteiger partial charge in [-0.25, -0.2) is 0 Å². The molecular weight excluding hydrogens is 235 g/mol. The standard InChI is InChI=1S/C6H4BrClOS/c1-3-2-4(7)5(10-3)6(8)9/h2H,1H3. The summed E-state index contributed by atoms with van der Waals surface area (Å²) in [5, 5.41) is -0.398. The summed E-state index contributed by atoms with van der Waals surface area (Å²) >= 11 is 9.88. The van der Waals surface area contributed by atoms with Crippen molar-refractivity contribution in [2.75, 3.05) is 0 Å². The molecule has 0 atom stereocenters. The highest BCUT2D eigenvalue weighted by molar-refractivity contribution is 9.10. The molecule has 10 heavy (non-hydrogen) atoms. The summed E-state index contributed by atoms with van der Waals surface area (Å²) < 4.78 is 0.787. The van der Waals surface area contributed by atoms with Crippen molar-refractivity contribution in [3.8, 4) is 0 Å². The van der Waals surface area contributed by atoms with Gasteiger partial charge in [0.15, 0.2) is 0 Å². The minimum absolute atomic E-state index is 0.398. The second kappa shape index (κ2) is 3.03. The van der Waals surface area contributed by atoms with Crippen molar-refractivity contribution in [2.45, 2.75) is 6.92 Å². The van der Waals surface area contributed by atoms with Crippen LogP contribution in [0.15, 0.2) is 10.5 Å². The highest BCUT2D eigenvalue weighted by Gasteiger charge is 2.09. The zero-order valence-electron chi connectivity index (χ0n) is 5.15. The van der Waals surface area contributed by atoms with Crippen LogP contribution in [0.3, 0.4) is 0 Å². The van der Waals surface area contributed by atoms with E-state index in [0.717, 1.165) is 9.35 Å². The molecular formula is C6H4BrClOS. The molecule has 1 rings (SSSR count). The first-order valence-electron chi connectivity index (χ1n) is 2.57. The van der Waals surface area contributed by atoms with Crippen molar-refractivity contribution < 1.29 is 4.79 Å². The fraction of sp³-hybridized carbons (Fsp3) is 0.167. The van der Waals surface area contributed by atoms with Crippen LogP contribution in [0, 0.1) is 6.92 Å². The molecule has 1 heterocycles. The Morgan fingerprint density at radius 1 is 1.80 bits per heavy atom. The van der Waals surface area contributed by atoms with Crippen molar-refractivity contribution in [3.05, 3.63) is 20.3 Å². The van der Waals surface area contributed by atoms with Gasteiger partial charge in [0.05, 0.1) is 0 Å². The third-order valence-corrected chi connectivity index (χ3v) is 3.23. The summed E-state index contributed by atoms with van der Waals surface area (Å²) in [5.41, 5.74) is 0. The first-order chi connectivity index (χ1) is 4.61. The van der Waals surface area contributed by atoms with Crippen LogP contribution in [0.25, 0.3) is 0 Å². The smallest absolute Gasteiger partial charge is 0.263 e. The van der Waals surface area contributed by atoms with E-state index in [4.69, 9.17) is 11.6 Å². The molecule has 0 N–H and O–H groups in total. The zero-order chi connectivity index (χ0) is 7.72. The molecule has 0 aliphatic rings. The van der Waals surface area contributed by atoms with Crippen LogP contribution >= 0.6 is 38.9 Å². The Labute approximate surface area is 76.1 Å². The fourth-order valence-corrected chi connectivity index (χ4v) is 2.60. The minimum atomic E-state index is -0.398. The highest BCUT2D eigenvalue weighted by atomic mass is 79.9. The van der Waals surface area contributed by atoms with Crippen molar-refractivity contribution >= 4 is 44.1 Å². The predicted molar refractivity (Wildman–Crippen MR) is 46.9 cm³/mol. The number of halogens is 2. The van der Waals surface area contributed by atoms with Gasteiger partial charge < -0.3 is 0 Å². The largest absolute Gasteiger partial charge is 0.275 e. The van der Waals surface area contributed by atoms with Gasteiger partial charge in [-0.15, -0.1) is 11.3 Å². The van der Waals surface area contributed by atoms with Crippen LogP contribution in [0.4, 0.5) is 0 Å². The van der Waals surface area contributed by atoms with Crippen LogP contribution < -0.4 is 0 Å². The minimum Gasteiger partial charge on any atom is -0.275 e. The molecule has 4 heteroatoms. The van der Waals surface area contributed by atoms with Gasteiger partial charge in [0.2, 0.25) is 0 Å². The van der Waals surface area contributed by atoms with Crippen molar-refractivity contribution in [1.82, 2.24) is 0 Å². The molecule has 1 nitrogen and oxygen atoms in total. The van der Waals surface area contributed by atoms with Gasteiger partial charge in [0.1, 0.15) is 4.88 Å². The Bertz CT molecular complexity index is 269. The van der Waals surface area contributed by atoms with Gasteiger partial charge in [0.25, 0.3) is 5.24 Å². The lowest BCUT2D eigenvalue weighted by Crippen LogP contribution is -1.81. The number of carbonyl (C=O) groups is 1. The molecule has 1 aromatic heterocycles. The topological polar surface area (TPSA) is 17.1 Å². The summed E-state index contributed by atoms with van der Waals surface area (Å²) in [4.78, 5) is 12.3. The van der Waals surface area contributed by atoms with E-state index in [2.05, 4.69) is 15.9 Å². The van der Waals surface area contributed by atoms with E-state index < -0.39 is 5.24 Å². The molecule has 0 saturated heterocycles. The second-order valence-electron chi connectivity index (χ2n) is 1.81. The monoisotopic (exact) mass is 238 g/mol. The van der Waals surface area contributed by atoms with E-state index in [0.29, 0.717) is 4.88 Å². The number of thiophene rings is 1. The molecule has 0 amide bonds. The summed E-state index contributed by atoms with van der Waals surface area (Å²) in [6.07, 6.45) is 0. The van der Waals surface area contributed by atoms with Crippen LogP contribution in [0.2, 0.25) is 0 Å². The Kier molecular flexibility index (Phi) is 2.50. The predicted octanol–water partition coefficient (Wildman–Crippen LogP) is 3.20. The number of aryl methyl sites for hydroxylation is 1. The summed E-state index contributed by atoms with van der Waals surface area (Å²) in [5.74, 6) is 0. The van der Waals surface area contributed by atoms with Gasteiger partial charge in [-0.2, -0.15) is 0 Å². The molecule has 0 spiro atoms. The van der Waals surface area contributed by atoms with Gasteiger partial charge in [0, 0.05) is 9.35 Å². The van der Waals surface area contributed by atoms with Crippen LogP contribution in [0.5, 0.6) is 0 Å². The van der Waals surface area contributed by atoms with E-state index >= 15 is 0 Å². The Morgan fingerprint density at radius 2 is 2.40 bits per heavy atom. The normalized spacial score (nSPS) is 9.90. The van der Waals surface area contributed by atoms with Crippen LogP contribution in [0.1, 0.15) is 14.5 Å². The van der Waals surface area contributed by atoms with Gasteiger partial charge in [-0.05, 0) is 40.5 Å². The molecule has 0 saturated carbocycles. The molecule has 1 aromatic rings. The van der Waals surface area contributed by atoms with Crippen LogP contribution in [-0.2, 0) is 0 Å². The second-order valence-corrected chi connectivity index (χ2v) is 4.26. The molecule has 0 unspecified atom stereocenters. The SMILES string of the molecule is Cc1cc(Br)c(C(=O)Cl)s1. The lowest BCUT2D eigenvalue weighted by molar-refractivity contribution is 0.108. The number of hydrogen-bond acceptors (Lipinski definition) is 2. The third kappa shape index (κ3) is 1.59. The molecule has 0 aliphatic heterocycles. The average Bonchev–Trinajstić information content (AvgIpc) is 2.10. The van der Waals surface area contributed by atoms with Crippen LogP contribution in [-0.4, -0.2) is 5.24 Å². The van der Waals surface area contributed by atoms with E-state index in [9.17, 15) is 4.79 Å². The van der Waals surface area contributed by atoms with Crippen molar-refractivity contribution in [2.24, 2.45) is 0 Å². The molecule has 0 radical (unpaired) electrons. The lowest BCUT2D eigenvalue weighted by Gasteiger charge is -1.83. The van der Waals surface area contributed by atoms with Crippen molar-refractivity contribution in [3.63, 3.8) is 0 Å². The maximum atomic E-state index is 10.6. The van der Waals surface area contributed by atoms with Crippen molar-refractivity contribution in [1.29, 1.82) is 0 Å². The molecule has 0 bridgehead atoms. The Balaban J connectivity index is 3.15. The molecule has 0 aromatic carbocycles. The summed E-state index contributed by atoms with van der Waals surface area (Å²) in [6, 6.07) is 1.88. The number of rotatable bonds is 1. The summed E-state index contributed by atoms with van der Waals surface area (Å²) in [6.45, 7) is 1.93. The molecule has 54 valence electrons. The Morgan fingerprint density at radius 3 is 2.60 bits per heavy atom.